The largest absolute Gasteiger partial charge is 0.338 e. The minimum Gasteiger partial charge on any atom is -0.338 e. The Kier molecular flexibility index (Phi) is 4.52. The van der Waals surface area contributed by atoms with E-state index in [1.165, 1.54) is 0 Å². The molecular weight excluding hydrogens is 302 g/mol. The Labute approximate surface area is 144 Å². The molecule has 0 bridgehead atoms. The van der Waals surface area contributed by atoms with E-state index in [1.54, 1.807) is 4.90 Å². The van der Waals surface area contributed by atoms with E-state index in [-0.39, 0.29) is 11.9 Å². The molecule has 0 aliphatic carbocycles. The molecule has 0 atom stereocenters. The van der Waals surface area contributed by atoms with Gasteiger partial charge in [-0.1, -0.05) is 32.0 Å². The monoisotopic (exact) mass is 329 g/mol. The van der Waals surface area contributed by atoms with Crippen LogP contribution in [0.15, 0.2) is 24.3 Å². The Bertz CT molecular complexity index is 633. The van der Waals surface area contributed by atoms with Crippen LogP contribution in [0.5, 0.6) is 0 Å². The Balaban J connectivity index is 1.67. The van der Waals surface area contributed by atoms with Gasteiger partial charge in [0.05, 0.1) is 5.41 Å². The summed E-state index contributed by atoms with van der Waals surface area (Å²) in [5.74, 6) is 0.752. The molecule has 24 heavy (non-hydrogen) atoms. The number of likely N-dealkylation sites (tertiary alicyclic amines) is 1. The molecule has 1 aromatic carbocycles. The second-order valence-electron chi connectivity index (χ2n) is 7.36. The summed E-state index contributed by atoms with van der Waals surface area (Å²) in [5, 5.41) is 2.99. The molecule has 0 unspecified atom stereocenters. The highest BCUT2D eigenvalue weighted by Crippen LogP contribution is 2.47. The van der Waals surface area contributed by atoms with Gasteiger partial charge in [-0.3, -0.25) is 4.79 Å². The van der Waals surface area contributed by atoms with Crippen LogP contribution in [-0.2, 0) is 10.2 Å². The topological polar surface area (TPSA) is 52.7 Å². The highest BCUT2D eigenvalue weighted by atomic mass is 16.2. The average Bonchev–Trinajstić information content (AvgIpc) is 2.78. The summed E-state index contributed by atoms with van der Waals surface area (Å²) in [6.45, 7) is 6.26. The number of amides is 3. The molecule has 1 saturated heterocycles. The van der Waals surface area contributed by atoms with Crippen LogP contribution in [-0.4, -0.2) is 43.5 Å². The fourth-order valence-corrected chi connectivity index (χ4v) is 3.87. The number of hydrogen-bond acceptors (Lipinski definition) is 2. The lowest BCUT2D eigenvalue weighted by atomic mass is 9.73. The van der Waals surface area contributed by atoms with Gasteiger partial charge < -0.3 is 15.1 Å². The Hall–Kier alpha value is -2.04. The van der Waals surface area contributed by atoms with Crippen molar-refractivity contribution >= 4 is 17.6 Å². The Morgan fingerprint density at radius 2 is 1.92 bits per heavy atom. The van der Waals surface area contributed by atoms with E-state index in [2.05, 4.69) is 25.2 Å². The van der Waals surface area contributed by atoms with Gasteiger partial charge in [0, 0.05) is 32.4 Å². The minimum atomic E-state index is -0.444. The zero-order chi connectivity index (χ0) is 17.3. The number of rotatable bonds is 3. The normalized spacial score (nSPS) is 19.1. The van der Waals surface area contributed by atoms with Gasteiger partial charge >= 0.3 is 6.03 Å². The molecule has 130 valence electrons. The smallest absolute Gasteiger partial charge is 0.317 e. The first-order valence-corrected chi connectivity index (χ1v) is 8.86. The van der Waals surface area contributed by atoms with Crippen LogP contribution in [0.1, 0.15) is 38.7 Å². The van der Waals surface area contributed by atoms with E-state index in [4.69, 9.17) is 0 Å². The highest BCUT2D eigenvalue weighted by molar-refractivity contribution is 6.07. The van der Waals surface area contributed by atoms with Gasteiger partial charge in [0.15, 0.2) is 0 Å². The van der Waals surface area contributed by atoms with Gasteiger partial charge in [-0.15, -0.1) is 0 Å². The van der Waals surface area contributed by atoms with Crippen molar-refractivity contribution in [2.75, 3.05) is 31.6 Å². The molecule has 2 heterocycles. The second-order valence-corrected chi connectivity index (χ2v) is 7.36. The van der Waals surface area contributed by atoms with Crippen molar-refractivity contribution in [1.29, 1.82) is 0 Å². The standard InChI is InChI=1S/C19H27N3O2/c1-14(2)8-11-20-18(24)22-12-9-19(10-13-22)15-6-4-5-7-16(15)21(3)17(19)23/h4-7,14H,8-13H2,1-3H3,(H,20,24). The van der Waals surface area contributed by atoms with Gasteiger partial charge in [-0.05, 0) is 36.8 Å². The van der Waals surface area contributed by atoms with Crippen molar-refractivity contribution < 1.29 is 9.59 Å². The van der Waals surface area contributed by atoms with Gasteiger partial charge in [0.2, 0.25) is 5.91 Å². The highest BCUT2D eigenvalue weighted by Gasteiger charge is 2.51. The number of likely N-dealkylation sites (N-methyl/N-ethyl adjacent to an activating group) is 1. The summed E-state index contributed by atoms with van der Waals surface area (Å²) < 4.78 is 0. The van der Waals surface area contributed by atoms with E-state index in [0.29, 0.717) is 38.4 Å². The predicted octanol–water partition coefficient (Wildman–Crippen LogP) is 2.75. The van der Waals surface area contributed by atoms with Crippen LogP contribution in [0.4, 0.5) is 10.5 Å². The van der Waals surface area contributed by atoms with E-state index in [0.717, 1.165) is 17.7 Å². The third-order valence-corrected chi connectivity index (χ3v) is 5.40. The maximum atomic E-state index is 12.9. The summed E-state index contributed by atoms with van der Waals surface area (Å²) in [7, 11) is 1.85. The summed E-state index contributed by atoms with van der Waals surface area (Å²) in [6, 6.07) is 8.04. The number of nitrogens with zero attached hydrogens (tertiary/aromatic N) is 2. The fourth-order valence-electron chi connectivity index (χ4n) is 3.87. The molecule has 1 fully saturated rings. The van der Waals surface area contributed by atoms with Crippen molar-refractivity contribution in [2.45, 2.75) is 38.5 Å². The van der Waals surface area contributed by atoms with Gasteiger partial charge in [0.25, 0.3) is 0 Å². The van der Waals surface area contributed by atoms with E-state index < -0.39 is 5.41 Å². The number of piperidine rings is 1. The van der Waals surface area contributed by atoms with Crippen LogP contribution < -0.4 is 10.2 Å². The number of nitrogens with one attached hydrogen (secondary N) is 1. The maximum absolute atomic E-state index is 12.9. The average molecular weight is 329 g/mol. The number of para-hydroxylation sites is 1. The van der Waals surface area contributed by atoms with E-state index >= 15 is 0 Å². The molecule has 3 rings (SSSR count). The van der Waals surface area contributed by atoms with Gasteiger partial charge in [0.1, 0.15) is 0 Å². The van der Waals surface area contributed by atoms with Crippen LogP contribution in [0.25, 0.3) is 0 Å². The number of fused-ring (bicyclic) bond motifs is 2. The molecule has 1 aromatic rings. The number of carbonyl (C=O) groups is 2. The molecular formula is C19H27N3O2. The van der Waals surface area contributed by atoms with Crippen LogP contribution in [0.2, 0.25) is 0 Å². The first-order valence-electron chi connectivity index (χ1n) is 8.86. The quantitative estimate of drug-likeness (QED) is 0.927. The zero-order valence-electron chi connectivity index (χ0n) is 14.8. The zero-order valence-corrected chi connectivity index (χ0v) is 14.8. The summed E-state index contributed by atoms with van der Waals surface area (Å²) in [5.41, 5.74) is 1.69. The molecule has 1 spiro atoms. The lowest BCUT2D eigenvalue weighted by molar-refractivity contribution is -0.124. The third kappa shape index (κ3) is 2.76. The molecule has 3 amide bonds. The molecule has 0 saturated carbocycles. The second kappa shape index (κ2) is 6.46. The van der Waals surface area contributed by atoms with Crippen molar-refractivity contribution in [3.63, 3.8) is 0 Å². The van der Waals surface area contributed by atoms with Crippen LogP contribution >= 0.6 is 0 Å². The van der Waals surface area contributed by atoms with Gasteiger partial charge in [-0.2, -0.15) is 0 Å². The molecule has 5 nitrogen and oxygen atoms in total. The summed E-state index contributed by atoms with van der Waals surface area (Å²) >= 11 is 0. The Morgan fingerprint density at radius 1 is 1.25 bits per heavy atom. The van der Waals surface area contributed by atoms with Crippen LogP contribution in [0, 0.1) is 5.92 Å². The lowest BCUT2D eigenvalue weighted by Gasteiger charge is -2.38. The molecule has 2 aliphatic rings. The molecule has 0 radical (unpaired) electrons. The Morgan fingerprint density at radius 3 is 2.58 bits per heavy atom. The first-order chi connectivity index (χ1) is 11.5. The molecule has 2 aliphatic heterocycles. The minimum absolute atomic E-state index is 0.00224. The number of anilines is 1. The molecule has 1 N–H and O–H groups in total. The first kappa shape index (κ1) is 16.8. The maximum Gasteiger partial charge on any atom is 0.317 e. The van der Waals surface area contributed by atoms with Crippen LogP contribution in [0.3, 0.4) is 0 Å². The van der Waals surface area contributed by atoms with Gasteiger partial charge in [-0.25, -0.2) is 4.79 Å². The molecule has 5 heteroatoms. The predicted molar refractivity (Wildman–Crippen MR) is 95.2 cm³/mol. The van der Waals surface area contributed by atoms with Crippen molar-refractivity contribution in [3.05, 3.63) is 29.8 Å². The summed E-state index contributed by atoms with van der Waals surface area (Å²) in [6.07, 6.45) is 2.38. The molecule has 0 aromatic heterocycles. The van der Waals surface area contributed by atoms with Crippen molar-refractivity contribution in [1.82, 2.24) is 10.2 Å². The van der Waals surface area contributed by atoms with E-state index in [9.17, 15) is 9.59 Å². The number of benzene rings is 1. The van der Waals surface area contributed by atoms with Crippen molar-refractivity contribution in [2.24, 2.45) is 5.92 Å². The fraction of sp³-hybridized carbons (Fsp3) is 0.579. The SMILES string of the molecule is CC(C)CCNC(=O)N1CCC2(CC1)C(=O)N(C)c1ccccc12. The van der Waals surface area contributed by atoms with Crippen molar-refractivity contribution in [3.8, 4) is 0 Å². The lowest BCUT2D eigenvalue weighted by Crippen LogP contribution is -2.52. The van der Waals surface area contributed by atoms with E-state index in [1.807, 2.05) is 30.1 Å². The number of urea groups is 1. The summed E-state index contributed by atoms with van der Waals surface area (Å²) in [4.78, 5) is 28.8. The number of hydrogen-bond donors (Lipinski definition) is 1. The number of carbonyl (C=O) groups excluding carboxylic acids is 2. The third-order valence-electron chi connectivity index (χ3n) is 5.40.